The zero-order valence-electron chi connectivity index (χ0n) is 21.0. The second-order valence-corrected chi connectivity index (χ2v) is 9.01. The Morgan fingerprint density at radius 1 is 1.00 bits per heavy atom. The first-order valence-electron chi connectivity index (χ1n) is 12.3. The minimum Gasteiger partial charge on any atom is -0.487 e. The third-order valence-corrected chi connectivity index (χ3v) is 6.05. The summed E-state index contributed by atoms with van der Waals surface area (Å²) in [6.45, 7) is 4.26. The Bertz CT molecular complexity index is 1500. The van der Waals surface area contributed by atoms with Crippen molar-refractivity contribution in [3.8, 4) is 5.75 Å². The van der Waals surface area contributed by atoms with E-state index in [1.807, 2.05) is 24.3 Å². The third-order valence-electron chi connectivity index (χ3n) is 5.75. The van der Waals surface area contributed by atoms with Crippen molar-refractivity contribution < 1.29 is 18.7 Å². The summed E-state index contributed by atoms with van der Waals surface area (Å²) in [6, 6.07) is 17.3. The minimum atomic E-state index is -0.321. The number of anilines is 2. The molecule has 0 spiro atoms. The molecule has 0 radical (unpaired) electrons. The lowest BCUT2D eigenvalue weighted by Crippen LogP contribution is -2.30. The summed E-state index contributed by atoms with van der Waals surface area (Å²) < 4.78 is 19.2. The van der Waals surface area contributed by atoms with Crippen molar-refractivity contribution >= 4 is 45.8 Å². The van der Waals surface area contributed by atoms with Crippen LogP contribution >= 0.6 is 11.6 Å². The highest BCUT2D eigenvalue weighted by molar-refractivity contribution is 6.32. The highest BCUT2D eigenvalue weighted by atomic mass is 35.5. The molecule has 0 aliphatic heterocycles. The average molecular weight is 548 g/mol. The molecule has 10 heteroatoms. The topological polar surface area (TPSA) is 105 Å². The van der Waals surface area contributed by atoms with E-state index in [1.165, 1.54) is 24.5 Å². The van der Waals surface area contributed by atoms with Gasteiger partial charge in [-0.1, -0.05) is 36.4 Å². The lowest BCUT2D eigenvalue weighted by Gasteiger charge is -2.12. The van der Waals surface area contributed by atoms with Crippen molar-refractivity contribution in [3.63, 3.8) is 0 Å². The molecule has 3 aromatic carbocycles. The summed E-state index contributed by atoms with van der Waals surface area (Å²) in [5, 5.41) is 9.92. The van der Waals surface area contributed by atoms with E-state index in [1.54, 1.807) is 24.3 Å². The maximum absolute atomic E-state index is 13.4. The van der Waals surface area contributed by atoms with Crippen LogP contribution in [-0.2, 0) is 22.6 Å². The van der Waals surface area contributed by atoms with Crippen LogP contribution in [0.2, 0.25) is 5.02 Å². The molecule has 8 nitrogen and oxygen atoms in total. The van der Waals surface area contributed by atoms with Crippen LogP contribution in [0.5, 0.6) is 5.75 Å². The summed E-state index contributed by atoms with van der Waals surface area (Å²) in [4.78, 5) is 31.9. The second kappa shape index (κ2) is 13.3. The molecule has 4 rings (SSSR count). The summed E-state index contributed by atoms with van der Waals surface area (Å²) in [5.74, 6) is 0.307. The molecular weight excluding hydrogens is 521 g/mol. The second-order valence-electron chi connectivity index (χ2n) is 8.61. The van der Waals surface area contributed by atoms with Crippen LogP contribution in [0, 0.1) is 5.82 Å². The summed E-state index contributed by atoms with van der Waals surface area (Å²) >= 11 is 6.44. The van der Waals surface area contributed by atoms with Gasteiger partial charge < -0.3 is 20.7 Å². The molecule has 0 fully saturated rings. The highest BCUT2D eigenvalue weighted by Crippen LogP contribution is 2.31. The number of fused-ring (bicyclic) bond motifs is 1. The molecule has 0 saturated heterocycles. The van der Waals surface area contributed by atoms with Crippen LogP contribution in [0.4, 0.5) is 15.9 Å². The Morgan fingerprint density at radius 2 is 1.87 bits per heavy atom. The number of amides is 2. The Morgan fingerprint density at radius 3 is 2.67 bits per heavy atom. The molecule has 0 unspecified atom stereocenters. The Balaban J connectivity index is 1.37. The molecule has 0 aliphatic rings. The monoisotopic (exact) mass is 547 g/mol. The normalized spacial score (nSPS) is 10.6. The van der Waals surface area contributed by atoms with Crippen molar-refractivity contribution in [2.24, 2.45) is 0 Å². The van der Waals surface area contributed by atoms with Gasteiger partial charge in [0.15, 0.2) is 0 Å². The summed E-state index contributed by atoms with van der Waals surface area (Å²) in [6.07, 6.45) is 3.45. The first-order valence-corrected chi connectivity index (χ1v) is 12.6. The number of nitrogens with zero attached hydrogens (tertiary/aromatic N) is 2. The van der Waals surface area contributed by atoms with Crippen LogP contribution in [0.1, 0.15) is 17.5 Å². The van der Waals surface area contributed by atoms with E-state index in [4.69, 9.17) is 16.3 Å². The quantitative estimate of drug-likeness (QED) is 0.213. The van der Waals surface area contributed by atoms with Gasteiger partial charge in [-0.15, -0.1) is 0 Å². The first-order chi connectivity index (χ1) is 18.9. The number of benzene rings is 3. The van der Waals surface area contributed by atoms with Crippen LogP contribution in [-0.4, -0.2) is 34.9 Å². The number of aromatic nitrogens is 2. The smallest absolute Gasteiger partial charge is 0.243 e. The van der Waals surface area contributed by atoms with Gasteiger partial charge in [0, 0.05) is 30.6 Å². The number of ether oxygens (including phenoxy) is 1. The summed E-state index contributed by atoms with van der Waals surface area (Å²) in [7, 11) is 0. The summed E-state index contributed by atoms with van der Waals surface area (Å²) in [5.41, 5.74) is 3.17. The van der Waals surface area contributed by atoms with Gasteiger partial charge in [-0.05, 0) is 66.1 Å². The van der Waals surface area contributed by atoms with Gasteiger partial charge in [0.25, 0.3) is 0 Å². The maximum Gasteiger partial charge on any atom is 0.243 e. The molecule has 39 heavy (non-hydrogen) atoms. The van der Waals surface area contributed by atoms with E-state index >= 15 is 0 Å². The molecule has 0 saturated carbocycles. The number of carbonyl (C=O) groups is 2. The van der Waals surface area contributed by atoms with Gasteiger partial charge in [-0.2, -0.15) is 0 Å². The van der Waals surface area contributed by atoms with Crippen molar-refractivity contribution in [1.29, 1.82) is 0 Å². The Hall–Kier alpha value is -4.50. The number of hydrogen-bond acceptors (Lipinski definition) is 6. The predicted molar refractivity (Wildman–Crippen MR) is 150 cm³/mol. The van der Waals surface area contributed by atoms with Gasteiger partial charge in [-0.25, -0.2) is 14.4 Å². The first kappa shape index (κ1) is 27.5. The molecule has 3 N–H and O–H groups in total. The number of halogens is 2. The van der Waals surface area contributed by atoms with E-state index in [2.05, 4.69) is 32.5 Å². The van der Waals surface area contributed by atoms with E-state index in [0.717, 1.165) is 16.5 Å². The number of rotatable bonds is 12. The SMILES string of the molecule is C=CC(=O)NCCC(=O)NCCc1ccc2ncnc(Nc3ccc(OCc4cccc(F)c4)c(Cl)c3)c2c1. The largest absolute Gasteiger partial charge is 0.487 e. The third kappa shape index (κ3) is 7.99. The fourth-order valence-corrected chi connectivity index (χ4v) is 4.02. The average Bonchev–Trinajstić information content (AvgIpc) is 2.93. The fraction of sp³-hybridized carbons (Fsp3) is 0.172. The lowest BCUT2D eigenvalue weighted by atomic mass is 10.1. The van der Waals surface area contributed by atoms with Crippen molar-refractivity contribution in [3.05, 3.63) is 102 Å². The highest BCUT2D eigenvalue weighted by Gasteiger charge is 2.09. The van der Waals surface area contributed by atoms with Crippen LogP contribution in [0.3, 0.4) is 0 Å². The predicted octanol–water partition coefficient (Wildman–Crippen LogP) is 5.10. The zero-order valence-corrected chi connectivity index (χ0v) is 21.8. The molecular formula is C29H27ClFN5O3. The molecule has 200 valence electrons. The minimum absolute atomic E-state index is 0.147. The van der Waals surface area contributed by atoms with Gasteiger partial charge in [0.05, 0.1) is 10.5 Å². The molecule has 0 atom stereocenters. The lowest BCUT2D eigenvalue weighted by molar-refractivity contribution is -0.121. The van der Waals surface area contributed by atoms with Crippen LogP contribution < -0.4 is 20.7 Å². The maximum atomic E-state index is 13.4. The van der Waals surface area contributed by atoms with Crippen LogP contribution in [0.15, 0.2) is 79.6 Å². The molecule has 1 aromatic heterocycles. The van der Waals surface area contributed by atoms with E-state index < -0.39 is 0 Å². The van der Waals surface area contributed by atoms with Gasteiger partial charge in [0.2, 0.25) is 11.8 Å². The molecule has 4 aromatic rings. The van der Waals surface area contributed by atoms with E-state index in [9.17, 15) is 14.0 Å². The van der Waals surface area contributed by atoms with Crippen LogP contribution in [0.25, 0.3) is 10.9 Å². The molecule has 0 bridgehead atoms. The van der Waals surface area contributed by atoms with Gasteiger partial charge >= 0.3 is 0 Å². The van der Waals surface area contributed by atoms with Gasteiger partial charge in [0.1, 0.15) is 30.3 Å². The fourth-order valence-electron chi connectivity index (χ4n) is 3.79. The molecule has 1 heterocycles. The van der Waals surface area contributed by atoms with Crippen molar-refractivity contribution in [2.45, 2.75) is 19.4 Å². The molecule has 0 aliphatic carbocycles. The van der Waals surface area contributed by atoms with Crippen molar-refractivity contribution in [1.82, 2.24) is 20.6 Å². The molecule has 2 amide bonds. The standard InChI is InChI=1S/C29H27ClFN5O3/c1-2-27(37)32-13-11-28(38)33-12-10-19-6-8-25-23(15-19)29(35-18-34-25)36-22-7-9-26(24(30)16-22)39-17-20-4-3-5-21(31)14-20/h2-9,14-16,18H,1,10-13,17H2,(H,32,37)(H,33,38)(H,34,35,36). The van der Waals surface area contributed by atoms with Gasteiger partial charge in [-0.3, -0.25) is 9.59 Å². The number of carbonyl (C=O) groups excluding carboxylic acids is 2. The number of hydrogen-bond donors (Lipinski definition) is 3. The Kier molecular flexibility index (Phi) is 9.42. The zero-order chi connectivity index (χ0) is 27.6. The van der Waals surface area contributed by atoms with E-state index in [0.29, 0.717) is 40.8 Å². The number of nitrogens with one attached hydrogen (secondary N) is 3. The Labute approximate surface area is 230 Å². The van der Waals surface area contributed by atoms with E-state index in [-0.39, 0.29) is 37.2 Å². The van der Waals surface area contributed by atoms with Crippen molar-refractivity contribution in [2.75, 3.05) is 18.4 Å².